The van der Waals surface area contributed by atoms with Crippen LogP contribution in [0.5, 0.6) is 17.2 Å². The molecule has 0 heterocycles. The van der Waals surface area contributed by atoms with Crippen molar-refractivity contribution in [2.75, 3.05) is 14.2 Å². The number of aryl methyl sites for hydroxylation is 1. The Hall–Kier alpha value is -2.93. The summed E-state index contributed by atoms with van der Waals surface area (Å²) in [7, 11) is 2.88. The predicted molar refractivity (Wildman–Crippen MR) is 106 cm³/mol. The third-order valence-electron chi connectivity index (χ3n) is 4.22. The molecule has 2 N–H and O–H groups in total. The SMILES string of the molecule is COc1cc(C(=O)NNC(=O)[C@@H](C)Oc2cccc(C)c2C)cc(Cl)c1OC. The number of halogens is 1. The Morgan fingerprint density at radius 3 is 2.39 bits per heavy atom. The number of methoxy groups -OCH3 is 2. The van der Waals surface area contributed by atoms with Crippen molar-refractivity contribution in [1.29, 1.82) is 0 Å². The van der Waals surface area contributed by atoms with E-state index in [4.69, 9.17) is 25.8 Å². The van der Waals surface area contributed by atoms with Crippen molar-refractivity contribution in [3.05, 3.63) is 52.0 Å². The lowest BCUT2D eigenvalue weighted by Crippen LogP contribution is -2.47. The highest BCUT2D eigenvalue weighted by Gasteiger charge is 2.19. The van der Waals surface area contributed by atoms with Crippen LogP contribution in [-0.2, 0) is 4.79 Å². The van der Waals surface area contributed by atoms with Crippen LogP contribution in [0.4, 0.5) is 0 Å². The minimum atomic E-state index is -0.810. The molecule has 0 aliphatic heterocycles. The molecule has 2 aromatic rings. The average molecular weight is 407 g/mol. The van der Waals surface area contributed by atoms with Gasteiger partial charge < -0.3 is 14.2 Å². The molecule has 150 valence electrons. The van der Waals surface area contributed by atoms with E-state index >= 15 is 0 Å². The number of carbonyl (C=O) groups is 2. The van der Waals surface area contributed by atoms with Crippen LogP contribution >= 0.6 is 11.6 Å². The summed E-state index contributed by atoms with van der Waals surface area (Å²) >= 11 is 6.10. The Labute approximate surface area is 168 Å². The molecule has 0 radical (unpaired) electrons. The third-order valence-corrected chi connectivity index (χ3v) is 4.50. The second-order valence-electron chi connectivity index (χ2n) is 6.10. The number of hydrazine groups is 1. The first kappa shape index (κ1) is 21.4. The third kappa shape index (κ3) is 4.86. The van der Waals surface area contributed by atoms with Crippen molar-refractivity contribution in [3.8, 4) is 17.2 Å². The Bertz CT molecular complexity index is 885. The number of hydrogen-bond acceptors (Lipinski definition) is 5. The first-order valence-electron chi connectivity index (χ1n) is 8.53. The Morgan fingerprint density at radius 1 is 1.04 bits per heavy atom. The van der Waals surface area contributed by atoms with Gasteiger partial charge in [0.1, 0.15) is 5.75 Å². The van der Waals surface area contributed by atoms with E-state index in [-0.39, 0.29) is 10.6 Å². The molecule has 0 unspecified atom stereocenters. The molecule has 0 aliphatic rings. The van der Waals surface area contributed by atoms with Gasteiger partial charge in [-0.05, 0) is 50.1 Å². The summed E-state index contributed by atoms with van der Waals surface area (Å²) in [5.41, 5.74) is 6.89. The number of carbonyl (C=O) groups excluding carboxylic acids is 2. The minimum absolute atomic E-state index is 0.200. The lowest BCUT2D eigenvalue weighted by molar-refractivity contribution is -0.128. The van der Waals surface area contributed by atoms with Gasteiger partial charge in [-0.25, -0.2) is 0 Å². The quantitative estimate of drug-likeness (QED) is 0.719. The van der Waals surface area contributed by atoms with E-state index in [0.29, 0.717) is 17.2 Å². The molecule has 2 rings (SSSR count). The van der Waals surface area contributed by atoms with Crippen molar-refractivity contribution in [3.63, 3.8) is 0 Å². The molecule has 0 fully saturated rings. The average Bonchev–Trinajstić information content (AvgIpc) is 2.68. The zero-order valence-electron chi connectivity index (χ0n) is 16.4. The Morgan fingerprint density at radius 2 is 1.75 bits per heavy atom. The largest absolute Gasteiger partial charge is 0.493 e. The first-order chi connectivity index (χ1) is 13.3. The monoisotopic (exact) mass is 406 g/mol. The van der Waals surface area contributed by atoms with Crippen LogP contribution < -0.4 is 25.1 Å². The number of ether oxygens (including phenoxy) is 3. The molecular weight excluding hydrogens is 384 g/mol. The van der Waals surface area contributed by atoms with Gasteiger partial charge in [0.15, 0.2) is 17.6 Å². The maximum atomic E-state index is 12.3. The van der Waals surface area contributed by atoms with Crippen molar-refractivity contribution >= 4 is 23.4 Å². The number of hydrogen-bond donors (Lipinski definition) is 2. The fourth-order valence-electron chi connectivity index (χ4n) is 2.44. The molecule has 0 saturated carbocycles. The second-order valence-corrected chi connectivity index (χ2v) is 6.50. The zero-order valence-corrected chi connectivity index (χ0v) is 17.1. The van der Waals surface area contributed by atoms with Gasteiger partial charge in [-0.1, -0.05) is 23.7 Å². The molecule has 0 spiro atoms. The standard InChI is InChI=1S/C20H23ClN2O5/c1-11-7-6-8-16(12(11)2)28-13(3)19(24)22-23-20(25)14-9-15(21)18(27-5)17(10-14)26-4/h6-10,13H,1-5H3,(H,22,24)(H,23,25)/t13-/m1/s1. The normalized spacial score (nSPS) is 11.4. The minimum Gasteiger partial charge on any atom is -0.493 e. The van der Waals surface area contributed by atoms with Crippen LogP contribution in [0.3, 0.4) is 0 Å². The molecule has 0 aromatic heterocycles. The molecule has 8 heteroatoms. The molecule has 7 nitrogen and oxygen atoms in total. The van der Waals surface area contributed by atoms with E-state index in [1.54, 1.807) is 13.0 Å². The highest BCUT2D eigenvalue weighted by atomic mass is 35.5. The number of rotatable bonds is 6. The van der Waals surface area contributed by atoms with Gasteiger partial charge in [-0.2, -0.15) is 0 Å². The summed E-state index contributed by atoms with van der Waals surface area (Å²) in [6, 6.07) is 8.48. The molecular formula is C20H23ClN2O5. The highest BCUT2D eigenvalue weighted by Crippen LogP contribution is 2.35. The van der Waals surface area contributed by atoms with Gasteiger partial charge in [-0.3, -0.25) is 20.4 Å². The smallest absolute Gasteiger partial charge is 0.279 e. The molecule has 2 amide bonds. The number of benzene rings is 2. The van der Waals surface area contributed by atoms with E-state index in [1.165, 1.54) is 26.4 Å². The molecule has 0 bridgehead atoms. The predicted octanol–water partition coefficient (Wildman–Crippen LogP) is 3.20. The summed E-state index contributed by atoms with van der Waals surface area (Å²) in [5.74, 6) is 0.176. The van der Waals surface area contributed by atoms with E-state index < -0.39 is 17.9 Å². The fraction of sp³-hybridized carbons (Fsp3) is 0.300. The molecule has 2 aromatic carbocycles. The van der Waals surface area contributed by atoms with Crippen LogP contribution in [0.1, 0.15) is 28.4 Å². The van der Waals surface area contributed by atoms with Gasteiger partial charge >= 0.3 is 0 Å². The van der Waals surface area contributed by atoms with Crippen LogP contribution in [0, 0.1) is 13.8 Å². The van der Waals surface area contributed by atoms with E-state index in [2.05, 4.69) is 10.9 Å². The zero-order chi connectivity index (χ0) is 20.8. The van der Waals surface area contributed by atoms with Gasteiger partial charge in [0, 0.05) is 5.56 Å². The summed E-state index contributed by atoms with van der Waals surface area (Å²) in [6.45, 7) is 5.47. The van der Waals surface area contributed by atoms with Crippen LogP contribution in [0.2, 0.25) is 5.02 Å². The lowest BCUT2D eigenvalue weighted by atomic mass is 10.1. The highest BCUT2D eigenvalue weighted by molar-refractivity contribution is 6.32. The summed E-state index contributed by atoms with van der Waals surface area (Å²) in [4.78, 5) is 24.6. The maximum absolute atomic E-state index is 12.3. The lowest BCUT2D eigenvalue weighted by Gasteiger charge is -2.17. The molecule has 0 aliphatic carbocycles. The van der Waals surface area contributed by atoms with Gasteiger partial charge in [0.05, 0.1) is 19.2 Å². The van der Waals surface area contributed by atoms with Crippen molar-refractivity contribution in [2.24, 2.45) is 0 Å². The van der Waals surface area contributed by atoms with Crippen molar-refractivity contribution in [1.82, 2.24) is 10.9 Å². The van der Waals surface area contributed by atoms with Crippen LogP contribution in [0.25, 0.3) is 0 Å². The maximum Gasteiger partial charge on any atom is 0.279 e. The molecule has 1 atom stereocenters. The Kier molecular flexibility index (Phi) is 7.12. The van der Waals surface area contributed by atoms with E-state index in [9.17, 15) is 9.59 Å². The number of nitrogens with one attached hydrogen (secondary N) is 2. The Balaban J connectivity index is 2.01. The van der Waals surface area contributed by atoms with E-state index in [0.717, 1.165) is 11.1 Å². The number of amides is 2. The van der Waals surface area contributed by atoms with Gasteiger partial charge in [0.25, 0.3) is 11.8 Å². The van der Waals surface area contributed by atoms with Crippen molar-refractivity contribution < 1.29 is 23.8 Å². The summed E-state index contributed by atoms with van der Waals surface area (Å²) < 4.78 is 16.0. The van der Waals surface area contributed by atoms with E-state index in [1.807, 2.05) is 26.0 Å². The second kappa shape index (κ2) is 9.32. The first-order valence-corrected chi connectivity index (χ1v) is 8.90. The topological polar surface area (TPSA) is 85.9 Å². The molecule has 28 heavy (non-hydrogen) atoms. The van der Waals surface area contributed by atoms with Crippen LogP contribution in [0.15, 0.2) is 30.3 Å². The fourth-order valence-corrected chi connectivity index (χ4v) is 2.72. The molecule has 0 saturated heterocycles. The summed E-state index contributed by atoms with van der Waals surface area (Å²) in [6.07, 6.45) is -0.810. The summed E-state index contributed by atoms with van der Waals surface area (Å²) in [5, 5.41) is 0.213. The van der Waals surface area contributed by atoms with Gasteiger partial charge in [0.2, 0.25) is 0 Å². The van der Waals surface area contributed by atoms with Crippen molar-refractivity contribution in [2.45, 2.75) is 26.9 Å². The van der Waals surface area contributed by atoms with Gasteiger partial charge in [-0.15, -0.1) is 0 Å². The van der Waals surface area contributed by atoms with Crippen LogP contribution in [-0.4, -0.2) is 32.1 Å².